The largest absolute Gasteiger partial charge is 0.483 e. The molecule has 2 nitrogen and oxygen atoms in total. The van der Waals surface area contributed by atoms with E-state index in [9.17, 15) is 4.39 Å². The van der Waals surface area contributed by atoms with Crippen LogP contribution >= 0.6 is 27.3 Å². The Morgan fingerprint density at radius 3 is 2.78 bits per heavy atom. The third-order valence-electron chi connectivity index (χ3n) is 2.53. The number of ether oxygens (including phenoxy) is 1. The summed E-state index contributed by atoms with van der Waals surface area (Å²) in [5, 5.41) is 1.98. The average Bonchev–Trinajstić information content (AvgIpc) is 2.75. The number of nitrogens with two attached hydrogens (primary N) is 1. The maximum absolute atomic E-state index is 13.0. The zero-order valence-electron chi connectivity index (χ0n) is 9.82. The van der Waals surface area contributed by atoms with E-state index in [0.29, 0.717) is 12.3 Å². The Morgan fingerprint density at radius 1 is 1.44 bits per heavy atom. The summed E-state index contributed by atoms with van der Waals surface area (Å²) in [6.07, 6.45) is -0.203. The number of halogens is 2. The van der Waals surface area contributed by atoms with Gasteiger partial charge >= 0.3 is 0 Å². The fourth-order valence-electron chi connectivity index (χ4n) is 1.62. The number of benzene rings is 1. The van der Waals surface area contributed by atoms with Crippen LogP contribution in [0.25, 0.3) is 0 Å². The van der Waals surface area contributed by atoms with Gasteiger partial charge in [-0.05, 0) is 52.7 Å². The van der Waals surface area contributed by atoms with Crippen molar-refractivity contribution in [3.05, 3.63) is 50.4 Å². The first kappa shape index (κ1) is 13.5. The van der Waals surface area contributed by atoms with Crippen LogP contribution in [0.1, 0.15) is 16.5 Å². The first-order valence-electron chi connectivity index (χ1n) is 5.47. The minimum atomic E-state index is -0.261. The molecule has 0 aliphatic carbocycles. The Morgan fingerprint density at radius 2 is 2.22 bits per heavy atom. The molecule has 0 aliphatic rings. The minimum Gasteiger partial charge on any atom is -0.483 e. The summed E-state index contributed by atoms with van der Waals surface area (Å²) >= 11 is 4.99. The van der Waals surface area contributed by atoms with E-state index in [1.54, 1.807) is 17.4 Å². The summed E-state index contributed by atoms with van der Waals surface area (Å²) in [6.45, 7) is 2.19. The van der Waals surface area contributed by atoms with Crippen molar-refractivity contribution in [3.63, 3.8) is 0 Å². The molecule has 2 aromatic rings. The van der Waals surface area contributed by atoms with Crippen molar-refractivity contribution in [2.75, 3.05) is 6.54 Å². The summed E-state index contributed by atoms with van der Waals surface area (Å²) in [7, 11) is 0. The standard InChI is InChI=1S/C13H13BrFNOS/c1-8-4-10(15)2-3-11(8)17-12(6-16)13-5-9(14)7-18-13/h2-5,7,12H,6,16H2,1H3. The predicted octanol–water partition coefficient (Wildman–Crippen LogP) is 4.04. The van der Waals surface area contributed by atoms with Crippen molar-refractivity contribution in [1.82, 2.24) is 0 Å². The number of hydrogen-bond donors (Lipinski definition) is 1. The molecule has 0 bridgehead atoms. The van der Waals surface area contributed by atoms with E-state index < -0.39 is 0 Å². The molecule has 1 aromatic heterocycles. The van der Waals surface area contributed by atoms with E-state index in [1.807, 2.05) is 18.4 Å². The summed E-state index contributed by atoms with van der Waals surface area (Å²) < 4.78 is 19.9. The zero-order chi connectivity index (χ0) is 13.1. The highest BCUT2D eigenvalue weighted by Gasteiger charge is 2.15. The third kappa shape index (κ3) is 3.10. The lowest BCUT2D eigenvalue weighted by Gasteiger charge is -2.17. The van der Waals surface area contributed by atoms with Gasteiger partial charge in [-0.1, -0.05) is 0 Å². The number of aryl methyl sites for hydroxylation is 1. The molecule has 0 amide bonds. The normalized spacial score (nSPS) is 12.4. The van der Waals surface area contributed by atoms with Gasteiger partial charge in [-0.15, -0.1) is 11.3 Å². The molecule has 0 spiro atoms. The van der Waals surface area contributed by atoms with Gasteiger partial charge in [0, 0.05) is 21.3 Å². The van der Waals surface area contributed by atoms with Crippen LogP contribution in [0.4, 0.5) is 4.39 Å². The van der Waals surface area contributed by atoms with Crippen molar-refractivity contribution in [2.45, 2.75) is 13.0 Å². The van der Waals surface area contributed by atoms with Crippen LogP contribution < -0.4 is 10.5 Å². The molecule has 1 heterocycles. The molecule has 1 atom stereocenters. The summed E-state index contributed by atoms with van der Waals surface area (Å²) in [5.41, 5.74) is 6.50. The Hall–Kier alpha value is -0.910. The first-order chi connectivity index (χ1) is 8.60. The minimum absolute atomic E-state index is 0.203. The van der Waals surface area contributed by atoms with Gasteiger partial charge in [0.05, 0.1) is 0 Å². The number of rotatable bonds is 4. The van der Waals surface area contributed by atoms with E-state index in [2.05, 4.69) is 15.9 Å². The quantitative estimate of drug-likeness (QED) is 0.918. The van der Waals surface area contributed by atoms with Crippen LogP contribution in [0, 0.1) is 12.7 Å². The van der Waals surface area contributed by atoms with Crippen LogP contribution in [0.15, 0.2) is 34.1 Å². The average molecular weight is 330 g/mol. The van der Waals surface area contributed by atoms with Gasteiger partial charge in [0.2, 0.25) is 0 Å². The molecule has 0 aliphatic heterocycles. The lowest BCUT2D eigenvalue weighted by atomic mass is 10.2. The predicted molar refractivity (Wildman–Crippen MR) is 75.6 cm³/mol. The molecule has 0 saturated heterocycles. The van der Waals surface area contributed by atoms with Crippen LogP contribution in [0.3, 0.4) is 0 Å². The van der Waals surface area contributed by atoms with E-state index in [4.69, 9.17) is 10.5 Å². The van der Waals surface area contributed by atoms with Crippen molar-refractivity contribution in [2.24, 2.45) is 5.73 Å². The van der Waals surface area contributed by atoms with E-state index >= 15 is 0 Å². The smallest absolute Gasteiger partial charge is 0.145 e. The molecule has 1 aromatic carbocycles. The highest BCUT2D eigenvalue weighted by molar-refractivity contribution is 9.10. The Kier molecular flexibility index (Phi) is 4.37. The van der Waals surface area contributed by atoms with Crippen LogP contribution in [-0.2, 0) is 0 Å². The molecule has 2 rings (SSSR count). The monoisotopic (exact) mass is 329 g/mol. The molecule has 0 saturated carbocycles. The number of thiophene rings is 1. The topological polar surface area (TPSA) is 35.2 Å². The van der Waals surface area contributed by atoms with Crippen molar-refractivity contribution in [3.8, 4) is 5.75 Å². The molecule has 0 fully saturated rings. The Labute approximate surface area is 118 Å². The fourth-order valence-corrected chi connectivity index (χ4v) is 3.10. The molecule has 5 heteroatoms. The van der Waals surface area contributed by atoms with E-state index in [1.165, 1.54) is 12.1 Å². The maximum atomic E-state index is 13.0. The van der Waals surface area contributed by atoms with Gasteiger partial charge < -0.3 is 10.5 Å². The highest BCUT2D eigenvalue weighted by atomic mass is 79.9. The molecule has 18 heavy (non-hydrogen) atoms. The Bertz CT molecular complexity index is 544. The van der Waals surface area contributed by atoms with Gasteiger partial charge in [0.1, 0.15) is 17.7 Å². The molecule has 1 unspecified atom stereocenters. The second kappa shape index (κ2) is 5.82. The fraction of sp³-hybridized carbons (Fsp3) is 0.231. The SMILES string of the molecule is Cc1cc(F)ccc1OC(CN)c1cc(Br)cs1. The summed E-state index contributed by atoms with van der Waals surface area (Å²) in [5.74, 6) is 0.402. The number of hydrogen-bond acceptors (Lipinski definition) is 3. The lowest BCUT2D eigenvalue weighted by Crippen LogP contribution is -2.17. The van der Waals surface area contributed by atoms with Gasteiger partial charge in [0.15, 0.2) is 0 Å². The Balaban J connectivity index is 2.20. The van der Waals surface area contributed by atoms with E-state index in [-0.39, 0.29) is 11.9 Å². The lowest BCUT2D eigenvalue weighted by molar-refractivity contribution is 0.216. The van der Waals surface area contributed by atoms with Gasteiger partial charge in [-0.25, -0.2) is 4.39 Å². The molecule has 96 valence electrons. The van der Waals surface area contributed by atoms with Gasteiger partial charge in [-0.3, -0.25) is 0 Å². The first-order valence-corrected chi connectivity index (χ1v) is 7.14. The van der Waals surface area contributed by atoms with Crippen molar-refractivity contribution < 1.29 is 9.13 Å². The van der Waals surface area contributed by atoms with Crippen molar-refractivity contribution >= 4 is 27.3 Å². The van der Waals surface area contributed by atoms with E-state index in [0.717, 1.165) is 14.9 Å². The van der Waals surface area contributed by atoms with Gasteiger partial charge in [0.25, 0.3) is 0 Å². The zero-order valence-corrected chi connectivity index (χ0v) is 12.2. The van der Waals surface area contributed by atoms with Crippen LogP contribution in [0.2, 0.25) is 0 Å². The van der Waals surface area contributed by atoms with Crippen molar-refractivity contribution in [1.29, 1.82) is 0 Å². The molecule has 0 radical (unpaired) electrons. The molecular weight excluding hydrogens is 317 g/mol. The summed E-state index contributed by atoms with van der Waals surface area (Å²) in [6, 6.07) is 6.46. The van der Waals surface area contributed by atoms with Crippen LogP contribution in [0.5, 0.6) is 5.75 Å². The highest BCUT2D eigenvalue weighted by Crippen LogP contribution is 2.30. The summed E-state index contributed by atoms with van der Waals surface area (Å²) in [4.78, 5) is 1.05. The van der Waals surface area contributed by atoms with Crippen LogP contribution in [-0.4, -0.2) is 6.54 Å². The molecular formula is C13H13BrFNOS. The molecule has 2 N–H and O–H groups in total. The maximum Gasteiger partial charge on any atom is 0.145 e. The van der Waals surface area contributed by atoms with Gasteiger partial charge in [-0.2, -0.15) is 0 Å². The third-order valence-corrected chi connectivity index (χ3v) is 4.31. The second-order valence-electron chi connectivity index (χ2n) is 3.92. The second-order valence-corrected chi connectivity index (χ2v) is 5.78.